The van der Waals surface area contributed by atoms with Gasteiger partial charge in [-0.25, -0.2) is 4.98 Å². The van der Waals surface area contributed by atoms with Crippen molar-refractivity contribution in [1.82, 2.24) is 14.3 Å². The van der Waals surface area contributed by atoms with E-state index in [1.807, 2.05) is 33.0 Å². The Morgan fingerprint density at radius 3 is 2.51 bits per heavy atom. The summed E-state index contributed by atoms with van der Waals surface area (Å²) in [6.07, 6.45) is 4.33. The number of hydrogen-bond donors (Lipinski definition) is 0. The molecule has 0 spiro atoms. The first-order valence-corrected chi connectivity index (χ1v) is 16.8. The number of fused-ring (bicyclic) bond motifs is 6. The minimum absolute atomic E-state index is 0.0674. The lowest BCUT2D eigenvalue weighted by Crippen LogP contribution is -2.43. The van der Waals surface area contributed by atoms with Crippen molar-refractivity contribution in [3.63, 3.8) is 0 Å². The number of carbonyl (C=O) groups excluding carboxylic acids is 1. The first-order valence-electron chi connectivity index (χ1n) is 16.0. The molecule has 3 fully saturated rings. The van der Waals surface area contributed by atoms with E-state index < -0.39 is 0 Å². The molecular weight excluding hydrogens is 586 g/mol. The monoisotopic (exact) mass is 625 g/mol. The number of carbonyl (C=O) groups is 1. The lowest BCUT2D eigenvalue weighted by molar-refractivity contribution is -0.120. The Kier molecular flexibility index (Phi) is 8.31. The van der Waals surface area contributed by atoms with Crippen LogP contribution >= 0.6 is 11.3 Å². The molecule has 0 radical (unpaired) electrons. The minimum atomic E-state index is -0.0846. The summed E-state index contributed by atoms with van der Waals surface area (Å²) in [6.45, 7) is 8.80. The molecule has 10 heteroatoms. The second-order valence-electron chi connectivity index (χ2n) is 11.7. The zero-order valence-corrected chi connectivity index (χ0v) is 26.9. The predicted molar refractivity (Wildman–Crippen MR) is 182 cm³/mol. The van der Waals surface area contributed by atoms with Gasteiger partial charge in [0.25, 0.3) is 5.56 Å². The summed E-state index contributed by atoms with van der Waals surface area (Å²) in [5.74, 6) is 0.786. The van der Waals surface area contributed by atoms with Gasteiger partial charge in [-0.1, -0.05) is 32.0 Å². The van der Waals surface area contributed by atoms with Gasteiger partial charge in [0.15, 0.2) is 0 Å². The minimum Gasteiger partial charge on any atom is -0.379 e. The van der Waals surface area contributed by atoms with Crippen LogP contribution in [0.2, 0.25) is 0 Å². The van der Waals surface area contributed by atoms with Crippen LogP contribution in [0.5, 0.6) is 0 Å². The maximum Gasteiger partial charge on any atom is 0.259 e. The second kappa shape index (κ2) is 12.5. The molecule has 3 aliphatic heterocycles. The molecule has 234 valence electrons. The van der Waals surface area contributed by atoms with E-state index in [-0.39, 0.29) is 23.7 Å². The fourth-order valence-corrected chi connectivity index (χ4v) is 7.91. The van der Waals surface area contributed by atoms with Gasteiger partial charge in [-0.3, -0.25) is 18.9 Å². The lowest BCUT2D eigenvalue weighted by atomic mass is 10.0. The van der Waals surface area contributed by atoms with Crippen LogP contribution in [-0.2, 0) is 14.3 Å². The van der Waals surface area contributed by atoms with Crippen molar-refractivity contribution in [1.29, 1.82) is 0 Å². The molecule has 2 atom stereocenters. The molecule has 1 amide bonds. The number of thiophene rings is 1. The van der Waals surface area contributed by atoms with Gasteiger partial charge in [-0.15, -0.1) is 11.3 Å². The predicted octanol–water partition coefficient (Wildman–Crippen LogP) is 5.42. The number of anilines is 2. The maximum absolute atomic E-state index is 13.3. The third-order valence-electron chi connectivity index (χ3n) is 9.04. The third-order valence-corrected chi connectivity index (χ3v) is 10.3. The Labute approximate surface area is 266 Å². The summed E-state index contributed by atoms with van der Waals surface area (Å²) in [6, 6.07) is 18.2. The van der Waals surface area contributed by atoms with Crippen LogP contribution in [0.1, 0.15) is 26.7 Å². The zero-order chi connectivity index (χ0) is 31.1. The van der Waals surface area contributed by atoms with Gasteiger partial charge in [-0.05, 0) is 43.2 Å². The maximum atomic E-state index is 13.3. The number of morpholine rings is 2. The van der Waals surface area contributed by atoms with Crippen molar-refractivity contribution in [3.8, 4) is 11.1 Å². The number of benzene rings is 2. The summed E-state index contributed by atoms with van der Waals surface area (Å²) < 4.78 is 15.4. The SMILES string of the molecule is CC.CN(C(=O)CN1CCOCC1)c1ccc2sc3c(-c4cccn5c(=O)cc(N6CC7CCC(C6)O7)nc45)cccc3c2c1. The molecule has 3 saturated heterocycles. The van der Waals surface area contributed by atoms with Crippen molar-refractivity contribution in [2.75, 3.05) is 62.8 Å². The lowest BCUT2D eigenvalue weighted by Gasteiger charge is -2.33. The number of aromatic nitrogens is 2. The number of hydrogen-bond acceptors (Lipinski definition) is 8. The van der Waals surface area contributed by atoms with Crippen molar-refractivity contribution in [3.05, 3.63) is 71.1 Å². The van der Waals surface area contributed by atoms with Gasteiger partial charge >= 0.3 is 0 Å². The number of amides is 1. The molecule has 2 aromatic carbocycles. The first kappa shape index (κ1) is 29.9. The summed E-state index contributed by atoms with van der Waals surface area (Å²) in [5, 5.41) is 2.24. The smallest absolute Gasteiger partial charge is 0.259 e. The Bertz CT molecular complexity index is 1920. The molecule has 0 N–H and O–H groups in total. The van der Waals surface area contributed by atoms with Crippen LogP contribution in [0, 0.1) is 0 Å². The van der Waals surface area contributed by atoms with E-state index in [9.17, 15) is 9.59 Å². The van der Waals surface area contributed by atoms with Crippen LogP contribution in [0.25, 0.3) is 36.9 Å². The van der Waals surface area contributed by atoms with Crippen molar-refractivity contribution in [2.45, 2.75) is 38.9 Å². The topological polar surface area (TPSA) is 79.6 Å². The standard InChI is InChI=1S/C33H33N5O4S.C2H6/c1-35(31(40)20-36-12-14-41-15-13-36)21-7-10-28-27(16-21)25-5-2-4-24(32(25)43-28)26-6-3-11-38-30(39)17-29(34-33(26)38)37-18-22-8-9-23(19-37)42-22;1-2/h2-7,10-11,16-17,22-23H,8-9,12-15,18-20H2,1H3;1-2H3. The number of rotatable bonds is 5. The molecule has 6 heterocycles. The highest BCUT2D eigenvalue weighted by atomic mass is 32.1. The number of pyridine rings is 1. The highest BCUT2D eigenvalue weighted by molar-refractivity contribution is 7.26. The van der Waals surface area contributed by atoms with Crippen LogP contribution in [0.3, 0.4) is 0 Å². The summed E-state index contributed by atoms with van der Waals surface area (Å²) in [5.41, 5.74) is 3.41. The van der Waals surface area contributed by atoms with Gasteiger partial charge in [0.1, 0.15) is 11.5 Å². The van der Waals surface area contributed by atoms with Crippen LogP contribution in [0.4, 0.5) is 11.5 Å². The van der Waals surface area contributed by atoms with E-state index in [4.69, 9.17) is 14.5 Å². The quantitative estimate of drug-likeness (QED) is 0.258. The molecule has 0 aliphatic carbocycles. The Morgan fingerprint density at radius 1 is 0.978 bits per heavy atom. The van der Waals surface area contributed by atoms with Gasteiger partial charge in [-0.2, -0.15) is 0 Å². The molecule has 3 aromatic heterocycles. The molecule has 8 rings (SSSR count). The van der Waals surface area contributed by atoms with E-state index >= 15 is 0 Å². The zero-order valence-electron chi connectivity index (χ0n) is 26.1. The molecule has 2 unspecified atom stereocenters. The van der Waals surface area contributed by atoms with Gasteiger partial charge in [0.05, 0.1) is 32.0 Å². The van der Waals surface area contributed by atoms with Gasteiger partial charge < -0.3 is 19.3 Å². The molecule has 5 aromatic rings. The van der Waals surface area contributed by atoms with E-state index in [1.165, 1.54) is 0 Å². The van der Waals surface area contributed by atoms with Gasteiger partial charge in [0, 0.05) is 82.5 Å². The highest BCUT2D eigenvalue weighted by Gasteiger charge is 2.34. The Hall–Kier alpha value is -3.83. The largest absolute Gasteiger partial charge is 0.379 e. The summed E-state index contributed by atoms with van der Waals surface area (Å²) in [4.78, 5) is 37.6. The molecule has 9 nitrogen and oxygen atoms in total. The second-order valence-corrected chi connectivity index (χ2v) is 12.8. The van der Waals surface area contributed by atoms with E-state index in [1.54, 1.807) is 32.9 Å². The van der Waals surface area contributed by atoms with Crippen LogP contribution in [0.15, 0.2) is 65.6 Å². The van der Waals surface area contributed by atoms with E-state index in [2.05, 4.69) is 46.2 Å². The number of nitrogens with zero attached hydrogens (tertiary/aromatic N) is 5. The fourth-order valence-electron chi connectivity index (χ4n) is 6.69. The van der Waals surface area contributed by atoms with Gasteiger partial charge in [0.2, 0.25) is 5.91 Å². The molecule has 45 heavy (non-hydrogen) atoms. The van der Waals surface area contributed by atoms with Crippen LogP contribution in [-0.4, -0.2) is 85.4 Å². The molecule has 0 saturated carbocycles. The molecule has 2 bridgehead atoms. The number of likely N-dealkylation sites (N-methyl/N-ethyl adjacent to an activating group) is 1. The van der Waals surface area contributed by atoms with E-state index in [0.29, 0.717) is 25.4 Å². The average Bonchev–Trinajstić information content (AvgIpc) is 3.63. The fraction of sp³-hybridized carbons (Fsp3) is 0.400. The van der Waals surface area contributed by atoms with E-state index in [0.717, 1.165) is 81.8 Å². The summed E-state index contributed by atoms with van der Waals surface area (Å²) in [7, 11) is 1.85. The Morgan fingerprint density at radius 2 is 1.73 bits per heavy atom. The highest BCUT2D eigenvalue weighted by Crippen LogP contribution is 2.42. The van der Waals surface area contributed by atoms with Crippen LogP contribution < -0.4 is 15.4 Å². The van der Waals surface area contributed by atoms with Crippen molar-refractivity contribution < 1.29 is 14.3 Å². The average molecular weight is 626 g/mol. The third kappa shape index (κ3) is 5.61. The molecule has 3 aliphatic rings. The Balaban J connectivity index is 0.00000160. The van der Waals surface area contributed by atoms with Crippen molar-refractivity contribution >= 4 is 54.6 Å². The first-order chi connectivity index (χ1) is 22.0. The normalized spacial score (nSPS) is 20.0. The summed E-state index contributed by atoms with van der Waals surface area (Å²) >= 11 is 1.73. The number of ether oxygens (including phenoxy) is 2. The molecular formula is C35H39N5O4S. The van der Waals surface area contributed by atoms with Crippen molar-refractivity contribution in [2.24, 2.45) is 0 Å².